The Balaban J connectivity index is 1.96. The van der Waals surface area contributed by atoms with Gasteiger partial charge in [-0.1, -0.05) is 80.9 Å². The van der Waals surface area contributed by atoms with Crippen LogP contribution in [0.25, 0.3) is 0 Å². The molecule has 0 fully saturated rings. The van der Waals surface area contributed by atoms with Gasteiger partial charge < -0.3 is 20.3 Å². The van der Waals surface area contributed by atoms with Gasteiger partial charge in [-0.05, 0) is 11.5 Å². The average molecular weight is 413 g/mol. The van der Waals surface area contributed by atoms with Crippen molar-refractivity contribution in [1.82, 2.24) is 10.6 Å². The smallest absolute Gasteiger partial charge is 0.408 e. The molecule has 0 radical (unpaired) electrons. The van der Waals surface area contributed by atoms with Gasteiger partial charge in [0.1, 0.15) is 18.7 Å². The maximum atomic E-state index is 12.9. The number of alkyl carbamates (subject to hydrolysis) is 1. The summed E-state index contributed by atoms with van der Waals surface area (Å²) in [6, 6.07) is 19.1. The molecule has 2 rings (SSSR count). The number of benzene rings is 2. The average Bonchev–Trinajstić information content (AvgIpc) is 2.76. The highest BCUT2D eigenvalue weighted by Gasteiger charge is 2.28. The van der Waals surface area contributed by atoms with E-state index in [1.54, 1.807) is 0 Å². The summed E-state index contributed by atoms with van der Waals surface area (Å²) in [4.78, 5) is 26.4. The molecule has 0 aliphatic carbocycles. The van der Waals surface area contributed by atoms with E-state index in [1.165, 1.54) is 4.90 Å². The number of carbonyl (C=O) groups is 2. The van der Waals surface area contributed by atoms with Crippen LogP contribution in [0.4, 0.5) is 4.79 Å². The number of nitrogens with one attached hydrogen (secondary N) is 3. The molecule has 3 N–H and O–H groups in total. The second kappa shape index (κ2) is 12.0. The lowest BCUT2D eigenvalue weighted by atomic mass is 9.98. The van der Waals surface area contributed by atoms with Crippen LogP contribution < -0.4 is 15.5 Å². The van der Waals surface area contributed by atoms with E-state index in [-0.39, 0.29) is 24.5 Å². The molecule has 162 valence electrons. The van der Waals surface area contributed by atoms with E-state index >= 15 is 0 Å². The zero-order valence-electron chi connectivity index (χ0n) is 18.4. The summed E-state index contributed by atoms with van der Waals surface area (Å²) in [6.07, 6.45) is 0.176. The topological polar surface area (TPSA) is 71.9 Å². The third-order valence-electron chi connectivity index (χ3n) is 5.36. The quantitative estimate of drug-likeness (QED) is 0.561. The van der Waals surface area contributed by atoms with Gasteiger partial charge >= 0.3 is 6.09 Å². The molecule has 6 heteroatoms. The summed E-state index contributed by atoms with van der Waals surface area (Å²) in [6.45, 7) is 4.60. The zero-order valence-corrected chi connectivity index (χ0v) is 18.4. The maximum absolute atomic E-state index is 12.9. The normalized spacial score (nSPS) is 13.9. The third kappa shape index (κ3) is 7.19. The highest BCUT2D eigenvalue weighted by Crippen LogP contribution is 2.11. The second-order valence-corrected chi connectivity index (χ2v) is 7.86. The first-order chi connectivity index (χ1) is 14.4. The van der Waals surface area contributed by atoms with Gasteiger partial charge in [-0.3, -0.25) is 4.79 Å². The largest absolute Gasteiger partial charge is 0.445 e. The lowest BCUT2D eigenvalue weighted by molar-refractivity contribution is -0.890. The molecular formula is C24H34N3O3+. The number of quaternary nitrogens is 1. The minimum absolute atomic E-state index is 0.0175. The fraction of sp³-hybridized carbons (Fsp3) is 0.417. The summed E-state index contributed by atoms with van der Waals surface area (Å²) in [5, 5.41) is 5.78. The van der Waals surface area contributed by atoms with E-state index < -0.39 is 12.1 Å². The summed E-state index contributed by atoms with van der Waals surface area (Å²) in [7, 11) is 4.13. The molecule has 0 aliphatic rings. The van der Waals surface area contributed by atoms with Gasteiger partial charge in [-0.25, -0.2) is 4.79 Å². The zero-order chi connectivity index (χ0) is 21.9. The van der Waals surface area contributed by atoms with Gasteiger partial charge in [0.05, 0.1) is 20.6 Å². The molecule has 2 amide bonds. The van der Waals surface area contributed by atoms with Crippen LogP contribution in [-0.2, 0) is 16.1 Å². The predicted molar refractivity (Wildman–Crippen MR) is 118 cm³/mol. The van der Waals surface area contributed by atoms with Crippen molar-refractivity contribution in [3.63, 3.8) is 0 Å². The van der Waals surface area contributed by atoms with Gasteiger partial charge in [0.15, 0.2) is 0 Å². The van der Waals surface area contributed by atoms with Crippen molar-refractivity contribution in [1.29, 1.82) is 0 Å². The molecule has 2 aromatic rings. The Bertz CT molecular complexity index is 781. The van der Waals surface area contributed by atoms with E-state index in [0.717, 1.165) is 17.5 Å². The number of likely N-dealkylation sites (N-methyl/N-ethyl adjacent to an activating group) is 1. The Kier molecular flexibility index (Phi) is 9.35. The van der Waals surface area contributed by atoms with Crippen molar-refractivity contribution >= 4 is 12.0 Å². The van der Waals surface area contributed by atoms with E-state index in [4.69, 9.17) is 4.74 Å². The first-order valence-corrected chi connectivity index (χ1v) is 10.5. The monoisotopic (exact) mass is 412 g/mol. The van der Waals surface area contributed by atoms with Gasteiger partial charge in [0.25, 0.3) is 0 Å². The van der Waals surface area contributed by atoms with Gasteiger partial charge in [-0.2, -0.15) is 0 Å². The number of hydrogen-bond acceptors (Lipinski definition) is 3. The molecule has 2 aromatic carbocycles. The summed E-state index contributed by atoms with van der Waals surface area (Å²) < 4.78 is 5.30. The number of rotatable bonds is 10. The SMILES string of the molecule is CC[C@H](C)[C@H](NC(=O)OCc1ccccc1)C(=O)NC[C@H](c1ccccc1)[NH+](C)C. The highest BCUT2D eigenvalue weighted by atomic mass is 16.5. The lowest BCUT2D eigenvalue weighted by Gasteiger charge is -2.26. The van der Waals surface area contributed by atoms with Crippen molar-refractivity contribution in [2.45, 2.75) is 39.0 Å². The van der Waals surface area contributed by atoms with E-state index in [2.05, 4.69) is 36.9 Å². The Morgan fingerprint density at radius 2 is 1.60 bits per heavy atom. The first-order valence-electron chi connectivity index (χ1n) is 10.5. The molecule has 6 nitrogen and oxygen atoms in total. The number of ether oxygens (including phenoxy) is 1. The van der Waals surface area contributed by atoms with Crippen LogP contribution in [0.1, 0.15) is 37.4 Å². The molecule has 0 unspecified atom stereocenters. The standard InChI is InChI=1S/C24H33N3O3/c1-5-18(2)22(26-24(29)30-17-19-12-8-6-9-13-19)23(28)25-16-21(27(3)4)20-14-10-7-11-15-20/h6-15,18,21-22H,5,16-17H2,1-4H3,(H,25,28)(H,26,29)/p+1/t18-,21+,22-/m0/s1. The van der Waals surface area contributed by atoms with Crippen LogP contribution in [0.2, 0.25) is 0 Å². The van der Waals surface area contributed by atoms with Crippen molar-refractivity contribution in [3.05, 3.63) is 71.8 Å². The minimum Gasteiger partial charge on any atom is -0.445 e. The predicted octanol–water partition coefficient (Wildman–Crippen LogP) is 2.33. The molecule has 0 heterocycles. The third-order valence-corrected chi connectivity index (χ3v) is 5.36. The Labute approximate surface area is 179 Å². The van der Waals surface area contributed by atoms with Crippen molar-refractivity contribution in [3.8, 4) is 0 Å². The fourth-order valence-corrected chi connectivity index (χ4v) is 3.25. The molecule has 0 bridgehead atoms. The summed E-state index contributed by atoms with van der Waals surface area (Å²) >= 11 is 0. The van der Waals surface area contributed by atoms with E-state index in [1.807, 2.05) is 62.4 Å². The Morgan fingerprint density at radius 1 is 1.00 bits per heavy atom. The molecule has 0 aliphatic heterocycles. The van der Waals surface area contributed by atoms with E-state index in [9.17, 15) is 9.59 Å². The molecule has 30 heavy (non-hydrogen) atoms. The molecule has 0 saturated carbocycles. The van der Waals surface area contributed by atoms with Gasteiger partial charge in [-0.15, -0.1) is 0 Å². The molecule has 0 aromatic heterocycles. The lowest BCUT2D eigenvalue weighted by Crippen LogP contribution is -3.07. The van der Waals surface area contributed by atoms with Crippen molar-refractivity contribution in [2.75, 3.05) is 20.6 Å². The van der Waals surface area contributed by atoms with Crippen LogP contribution in [0, 0.1) is 5.92 Å². The highest BCUT2D eigenvalue weighted by molar-refractivity contribution is 5.85. The van der Waals surface area contributed by atoms with Crippen LogP contribution in [0.5, 0.6) is 0 Å². The fourth-order valence-electron chi connectivity index (χ4n) is 3.25. The number of amides is 2. The summed E-state index contributed by atoms with van der Waals surface area (Å²) in [5.41, 5.74) is 2.06. The van der Waals surface area contributed by atoms with Crippen molar-refractivity contribution < 1.29 is 19.2 Å². The molecular weight excluding hydrogens is 378 g/mol. The Morgan fingerprint density at radius 3 is 2.17 bits per heavy atom. The number of carbonyl (C=O) groups excluding carboxylic acids is 2. The maximum Gasteiger partial charge on any atom is 0.408 e. The second-order valence-electron chi connectivity index (χ2n) is 7.86. The van der Waals surface area contributed by atoms with Crippen LogP contribution in [0.3, 0.4) is 0 Å². The van der Waals surface area contributed by atoms with E-state index in [0.29, 0.717) is 6.54 Å². The Hall–Kier alpha value is -2.86. The minimum atomic E-state index is -0.646. The molecule has 3 atom stereocenters. The van der Waals surface area contributed by atoms with Crippen LogP contribution in [-0.4, -0.2) is 38.7 Å². The molecule has 0 spiro atoms. The molecule has 0 saturated heterocycles. The first kappa shape index (κ1) is 23.4. The van der Waals surface area contributed by atoms with Gasteiger partial charge in [0.2, 0.25) is 5.91 Å². The van der Waals surface area contributed by atoms with Gasteiger partial charge in [0, 0.05) is 5.56 Å². The van der Waals surface area contributed by atoms with Crippen LogP contribution >= 0.6 is 0 Å². The van der Waals surface area contributed by atoms with Crippen molar-refractivity contribution in [2.24, 2.45) is 5.92 Å². The number of hydrogen-bond donors (Lipinski definition) is 3. The summed E-state index contributed by atoms with van der Waals surface area (Å²) in [5.74, 6) is -0.209. The van der Waals surface area contributed by atoms with Crippen LogP contribution in [0.15, 0.2) is 60.7 Å².